The summed E-state index contributed by atoms with van der Waals surface area (Å²) in [5, 5.41) is 7.93. The van der Waals surface area contributed by atoms with Gasteiger partial charge in [-0.05, 0) is 11.8 Å². The lowest BCUT2D eigenvalue weighted by atomic mass is 10.3. The van der Waals surface area contributed by atoms with Crippen molar-refractivity contribution in [3.8, 4) is 11.8 Å². The molecule has 0 spiro atoms. The number of rotatable bonds is 1. The maximum atomic E-state index is 10.1. The lowest BCUT2D eigenvalue weighted by Crippen LogP contribution is -2.09. The summed E-state index contributed by atoms with van der Waals surface area (Å²) in [5.41, 5.74) is 0. The SMILES string of the molecule is CC(=O)C#CC(=O)C(=O)O. The van der Waals surface area contributed by atoms with Crippen LogP contribution < -0.4 is 0 Å². The number of hydrogen-bond donors (Lipinski definition) is 1. The molecular formula is C6H4O4. The summed E-state index contributed by atoms with van der Waals surface area (Å²) < 4.78 is 0. The molecule has 0 heterocycles. The molecule has 4 heteroatoms. The first-order chi connectivity index (χ1) is 4.54. The molecule has 0 aromatic rings. The van der Waals surface area contributed by atoms with Crippen molar-refractivity contribution >= 4 is 17.5 Å². The molecule has 4 nitrogen and oxygen atoms in total. The average molecular weight is 140 g/mol. The molecule has 0 bridgehead atoms. The van der Waals surface area contributed by atoms with Crippen molar-refractivity contribution in [1.82, 2.24) is 0 Å². The molecule has 0 aliphatic carbocycles. The third kappa shape index (κ3) is 3.38. The lowest BCUT2D eigenvalue weighted by Gasteiger charge is -1.75. The van der Waals surface area contributed by atoms with Gasteiger partial charge in [0.1, 0.15) is 0 Å². The highest BCUT2D eigenvalue weighted by Gasteiger charge is 2.05. The quantitative estimate of drug-likeness (QED) is 0.295. The molecule has 10 heavy (non-hydrogen) atoms. The van der Waals surface area contributed by atoms with Gasteiger partial charge in [0, 0.05) is 6.92 Å². The molecule has 0 radical (unpaired) electrons. The maximum absolute atomic E-state index is 10.1. The van der Waals surface area contributed by atoms with E-state index in [9.17, 15) is 14.4 Å². The van der Waals surface area contributed by atoms with E-state index >= 15 is 0 Å². The van der Waals surface area contributed by atoms with Gasteiger partial charge in [-0.1, -0.05) is 0 Å². The Morgan fingerprint density at radius 3 is 2.00 bits per heavy atom. The molecule has 0 fully saturated rings. The van der Waals surface area contributed by atoms with Crippen molar-refractivity contribution < 1.29 is 19.5 Å². The van der Waals surface area contributed by atoms with Gasteiger partial charge in [0.15, 0.2) is 0 Å². The fourth-order valence-corrected chi connectivity index (χ4v) is 0.198. The number of carbonyl (C=O) groups excluding carboxylic acids is 2. The Morgan fingerprint density at radius 1 is 1.20 bits per heavy atom. The van der Waals surface area contributed by atoms with Crippen LogP contribution in [0.25, 0.3) is 0 Å². The molecule has 0 saturated carbocycles. The second-order valence-corrected chi connectivity index (χ2v) is 1.44. The third-order valence-electron chi connectivity index (χ3n) is 0.546. The largest absolute Gasteiger partial charge is 0.475 e. The van der Waals surface area contributed by atoms with E-state index < -0.39 is 17.5 Å². The van der Waals surface area contributed by atoms with Crippen LogP contribution in [-0.4, -0.2) is 22.6 Å². The van der Waals surface area contributed by atoms with Crippen molar-refractivity contribution in [3.63, 3.8) is 0 Å². The van der Waals surface area contributed by atoms with Crippen molar-refractivity contribution in [1.29, 1.82) is 0 Å². The smallest absolute Gasteiger partial charge is 0.385 e. The van der Waals surface area contributed by atoms with Crippen molar-refractivity contribution in [3.05, 3.63) is 0 Å². The molecule has 0 aliphatic rings. The minimum atomic E-state index is -1.64. The predicted molar refractivity (Wildman–Crippen MR) is 31.1 cm³/mol. The van der Waals surface area contributed by atoms with Crippen LogP contribution in [0.2, 0.25) is 0 Å². The Hall–Kier alpha value is -1.63. The van der Waals surface area contributed by atoms with E-state index in [0.29, 0.717) is 0 Å². The van der Waals surface area contributed by atoms with Crippen molar-refractivity contribution in [2.75, 3.05) is 0 Å². The fraction of sp³-hybridized carbons (Fsp3) is 0.167. The Kier molecular flexibility index (Phi) is 2.85. The first-order valence-corrected chi connectivity index (χ1v) is 2.34. The van der Waals surface area contributed by atoms with E-state index in [1.165, 1.54) is 0 Å². The monoisotopic (exact) mass is 140 g/mol. The minimum Gasteiger partial charge on any atom is -0.475 e. The van der Waals surface area contributed by atoms with Gasteiger partial charge in [-0.3, -0.25) is 9.59 Å². The van der Waals surface area contributed by atoms with Gasteiger partial charge < -0.3 is 5.11 Å². The first-order valence-electron chi connectivity index (χ1n) is 2.34. The van der Waals surface area contributed by atoms with Crippen LogP contribution in [0.3, 0.4) is 0 Å². The Morgan fingerprint density at radius 2 is 1.70 bits per heavy atom. The maximum Gasteiger partial charge on any atom is 0.385 e. The van der Waals surface area contributed by atoms with Gasteiger partial charge in [0.25, 0.3) is 0 Å². The second kappa shape index (κ2) is 3.41. The zero-order valence-electron chi connectivity index (χ0n) is 5.17. The predicted octanol–water partition coefficient (Wildman–Crippen LogP) is -0.768. The van der Waals surface area contributed by atoms with E-state index in [0.717, 1.165) is 6.92 Å². The van der Waals surface area contributed by atoms with E-state index in [2.05, 4.69) is 0 Å². The molecule has 0 amide bonds. The lowest BCUT2D eigenvalue weighted by molar-refractivity contribution is -0.146. The number of carboxylic acid groups (broad SMARTS) is 1. The number of Topliss-reactive ketones (excluding diaryl/α,β-unsaturated/α-hetero) is 2. The molecule has 1 N–H and O–H groups in total. The van der Waals surface area contributed by atoms with Gasteiger partial charge >= 0.3 is 11.8 Å². The Bertz CT molecular complexity index is 240. The molecule has 0 aromatic heterocycles. The van der Waals surface area contributed by atoms with Crippen LogP contribution in [-0.2, 0) is 14.4 Å². The van der Waals surface area contributed by atoms with Gasteiger partial charge in [-0.25, -0.2) is 4.79 Å². The summed E-state index contributed by atoms with van der Waals surface area (Å²) in [6.45, 7) is 1.14. The summed E-state index contributed by atoms with van der Waals surface area (Å²) in [6, 6.07) is 0. The molecule has 0 atom stereocenters. The highest BCUT2D eigenvalue weighted by atomic mass is 16.4. The Labute approximate surface area is 56.8 Å². The van der Waals surface area contributed by atoms with Crippen LogP contribution in [0, 0.1) is 11.8 Å². The molecule has 0 saturated heterocycles. The van der Waals surface area contributed by atoms with Crippen LogP contribution >= 0.6 is 0 Å². The minimum absolute atomic E-state index is 0.533. The van der Waals surface area contributed by atoms with Gasteiger partial charge in [0.2, 0.25) is 5.78 Å². The first kappa shape index (κ1) is 8.37. The van der Waals surface area contributed by atoms with Crippen molar-refractivity contribution in [2.24, 2.45) is 0 Å². The number of ketones is 2. The van der Waals surface area contributed by atoms with Gasteiger partial charge in [-0.2, -0.15) is 0 Å². The van der Waals surface area contributed by atoms with Gasteiger partial charge in [-0.15, -0.1) is 0 Å². The zero-order chi connectivity index (χ0) is 8.15. The molecular weight excluding hydrogens is 136 g/mol. The third-order valence-corrected chi connectivity index (χ3v) is 0.546. The van der Waals surface area contributed by atoms with E-state index in [1.807, 2.05) is 5.92 Å². The molecule has 0 aliphatic heterocycles. The average Bonchev–Trinajstić information content (AvgIpc) is 1.82. The standard InChI is InChI=1S/C6H4O4/c1-4(7)2-3-5(8)6(9)10/h1H3,(H,9,10). The molecule has 0 aromatic carbocycles. The van der Waals surface area contributed by atoms with Crippen LogP contribution in [0.1, 0.15) is 6.92 Å². The summed E-state index contributed by atoms with van der Waals surface area (Å²) >= 11 is 0. The van der Waals surface area contributed by atoms with Crippen LogP contribution in [0.5, 0.6) is 0 Å². The van der Waals surface area contributed by atoms with E-state index in [-0.39, 0.29) is 0 Å². The van der Waals surface area contributed by atoms with E-state index in [1.54, 1.807) is 5.92 Å². The second-order valence-electron chi connectivity index (χ2n) is 1.44. The van der Waals surface area contributed by atoms with Crippen molar-refractivity contribution in [2.45, 2.75) is 6.92 Å². The topological polar surface area (TPSA) is 71.4 Å². The fourth-order valence-electron chi connectivity index (χ4n) is 0.198. The highest BCUT2D eigenvalue weighted by Crippen LogP contribution is 1.68. The molecule has 52 valence electrons. The summed E-state index contributed by atoms with van der Waals surface area (Å²) in [6.07, 6.45) is 0. The molecule has 0 unspecified atom stereocenters. The van der Waals surface area contributed by atoms with E-state index in [4.69, 9.17) is 5.11 Å². The Balaban J connectivity index is 4.20. The zero-order valence-corrected chi connectivity index (χ0v) is 5.17. The normalized spacial score (nSPS) is 7.30. The highest BCUT2D eigenvalue weighted by molar-refractivity contribution is 6.40. The summed E-state index contributed by atoms with van der Waals surface area (Å²) in [5.74, 6) is 0.00505. The number of hydrogen-bond acceptors (Lipinski definition) is 3. The van der Waals surface area contributed by atoms with Crippen LogP contribution in [0.4, 0.5) is 0 Å². The summed E-state index contributed by atoms with van der Waals surface area (Å²) in [7, 11) is 0. The van der Waals surface area contributed by atoms with Crippen LogP contribution in [0.15, 0.2) is 0 Å². The number of carbonyl (C=O) groups is 3. The number of aliphatic carboxylic acids is 1. The number of carboxylic acids is 1. The molecule has 0 rings (SSSR count). The van der Waals surface area contributed by atoms with Gasteiger partial charge in [0.05, 0.1) is 0 Å². The summed E-state index contributed by atoms with van der Waals surface area (Å²) in [4.78, 5) is 29.9.